The minimum Gasteiger partial charge on any atom is -0.388 e. The Morgan fingerprint density at radius 3 is 1.67 bits per heavy atom. The molecule has 1 aliphatic rings. The summed E-state index contributed by atoms with van der Waals surface area (Å²) in [5.41, 5.74) is 10.8. The molecule has 0 aromatic heterocycles. The summed E-state index contributed by atoms with van der Waals surface area (Å²) in [6.45, 7) is 2.22. The lowest BCUT2D eigenvalue weighted by Crippen LogP contribution is -2.11. The molecule has 0 fully saturated rings. The lowest BCUT2D eigenvalue weighted by Gasteiger charge is -2.25. The van der Waals surface area contributed by atoms with Gasteiger partial charge in [-0.25, -0.2) is 0 Å². The van der Waals surface area contributed by atoms with Crippen molar-refractivity contribution in [3.05, 3.63) is 176 Å². The monoisotopic (exact) mass is 634 g/mol. The number of nitrogens with one attached hydrogen (secondary N) is 1. The van der Waals surface area contributed by atoms with Crippen LogP contribution in [0.25, 0.3) is 54.9 Å². The van der Waals surface area contributed by atoms with E-state index in [1.54, 1.807) is 0 Å². The Morgan fingerprint density at radius 1 is 0.551 bits per heavy atom. The quantitative estimate of drug-likeness (QED) is 0.196. The van der Waals surface area contributed by atoms with E-state index in [2.05, 4.69) is 200 Å². The van der Waals surface area contributed by atoms with Gasteiger partial charge in [0.25, 0.3) is 0 Å². The van der Waals surface area contributed by atoms with Crippen LogP contribution in [0.15, 0.2) is 176 Å². The van der Waals surface area contributed by atoms with Crippen molar-refractivity contribution in [1.82, 2.24) is 0 Å². The SMILES string of the molecule is CC1C=CC=CC1.CNc1ccc(-c2ccc(-c3ccc(-c4c(N(C)c5ccc6ccccc6c5)ccc5ccccc45)cc3)cc2)cc1. The molecule has 240 valence electrons. The maximum Gasteiger partial charge on any atom is 0.0494 e. The summed E-state index contributed by atoms with van der Waals surface area (Å²) in [6, 6.07) is 54.8. The molecule has 8 rings (SSSR count). The van der Waals surface area contributed by atoms with Gasteiger partial charge in [0.2, 0.25) is 0 Å². The van der Waals surface area contributed by atoms with Gasteiger partial charge in [-0.3, -0.25) is 0 Å². The van der Waals surface area contributed by atoms with Crippen molar-refractivity contribution in [3.8, 4) is 33.4 Å². The van der Waals surface area contributed by atoms with Crippen molar-refractivity contribution in [2.45, 2.75) is 13.3 Å². The normalized spacial score (nSPS) is 13.6. The molecule has 0 saturated heterocycles. The number of hydrogen-bond acceptors (Lipinski definition) is 2. The van der Waals surface area contributed by atoms with E-state index in [-0.39, 0.29) is 0 Å². The number of hydrogen-bond donors (Lipinski definition) is 1. The minimum absolute atomic E-state index is 0.769. The summed E-state index contributed by atoms with van der Waals surface area (Å²) in [5.74, 6) is 0.769. The van der Waals surface area contributed by atoms with E-state index in [0.717, 1.165) is 11.6 Å². The van der Waals surface area contributed by atoms with Gasteiger partial charge < -0.3 is 10.2 Å². The van der Waals surface area contributed by atoms with Gasteiger partial charge in [0.05, 0.1) is 0 Å². The number of fused-ring (bicyclic) bond motifs is 2. The number of rotatable bonds is 6. The Hall–Kier alpha value is -5.86. The van der Waals surface area contributed by atoms with Gasteiger partial charge in [-0.2, -0.15) is 0 Å². The van der Waals surface area contributed by atoms with Gasteiger partial charge in [-0.15, -0.1) is 0 Å². The van der Waals surface area contributed by atoms with Gasteiger partial charge in [-0.1, -0.05) is 153 Å². The molecule has 1 atom stereocenters. The van der Waals surface area contributed by atoms with Crippen LogP contribution < -0.4 is 10.2 Å². The van der Waals surface area contributed by atoms with Crippen molar-refractivity contribution in [3.63, 3.8) is 0 Å². The standard InChI is InChI=1S/C40H32N2.C7H10/c1-41-36-23-19-32(20-24-36)30-13-11-29(12-14-30)31-15-17-34(18-16-31)40-38-10-6-5-8-33(38)22-26-39(40)42(2)37-25-21-28-7-3-4-9-35(28)27-37;1-7-5-3-2-4-6-7/h3-27,41H,1-2H3;2-5,7H,6H2,1H3. The molecule has 7 aromatic rings. The highest BCUT2D eigenvalue weighted by molar-refractivity contribution is 6.04. The average Bonchev–Trinajstić information content (AvgIpc) is 3.18. The fourth-order valence-electron chi connectivity index (χ4n) is 6.59. The van der Waals surface area contributed by atoms with Crippen molar-refractivity contribution >= 4 is 38.6 Å². The second kappa shape index (κ2) is 14.5. The molecule has 0 bridgehead atoms. The van der Waals surface area contributed by atoms with E-state index in [9.17, 15) is 0 Å². The first kappa shape index (κ1) is 31.7. The molecule has 0 heterocycles. The van der Waals surface area contributed by atoms with Crippen LogP contribution in [0.3, 0.4) is 0 Å². The topological polar surface area (TPSA) is 15.3 Å². The summed E-state index contributed by atoms with van der Waals surface area (Å²) >= 11 is 0. The van der Waals surface area contributed by atoms with Crippen LogP contribution in [0, 0.1) is 5.92 Å². The minimum atomic E-state index is 0.769. The van der Waals surface area contributed by atoms with Gasteiger partial charge >= 0.3 is 0 Å². The van der Waals surface area contributed by atoms with E-state index < -0.39 is 0 Å². The van der Waals surface area contributed by atoms with E-state index in [1.807, 2.05) is 7.05 Å². The highest BCUT2D eigenvalue weighted by atomic mass is 15.1. The van der Waals surface area contributed by atoms with Crippen LogP contribution in [-0.2, 0) is 0 Å². The summed E-state index contributed by atoms with van der Waals surface area (Å²) in [7, 11) is 4.11. The van der Waals surface area contributed by atoms with Crippen LogP contribution >= 0.6 is 0 Å². The lowest BCUT2D eigenvalue weighted by atomic mass is 9.93. The molecule has 0 aliphatic heterocycles. The van der Waals surface area contributed by atoms with Gasteiger partial charge in [0, 0.05) is 36.7 Å². The molecule has 2 nitrogen and oxygen atoms in total. The first-order valence-corrected chi connectivity index (χ1v) is 17.1. The first-order valence-electron chi connectivity index (χ1n) is 17.1. The number of benzene rings is 7. The maximum atomic E-state index is 3.18. The van der Waals surface area contributed by atoms with Gasteiger partial charge in [0.1, 0.15) is 0 Å². The highest BCUT2D eigenvalue weighted by Gasteiger charge is 2.15. The Balaban J connectivity index is 0.000000483. The van der Waals surface area contributed by atoms with E-state index >= 15 is 0 Å². The summed E-state index contributed by atoms with van der Waals surface area (Å²) in [6.07, 6.45) is 9.84. The molecule has 1 aliphatic carbocycles. The van der Waals surface area contributed by atoms with Crippen LogP contribution in [0.1, 0.15) is 13.3 Å². The lowest BCUT2D eigenvalue weighted by molar-refractivity contribution is 0.737. The predicted molar refractivity (Wildman–Crippen MR) is 214 cm³/mol. The van der Waals surface area contributed by atoms with Crippen LogP contribution in [0.2, 0.25) is 0 Å². The Labute approximate surface area is 290 Å². The van der Waals surface area contributed by atoms with Crippen LogP contribution in [-0.4, -0.2) is 14.1 Å². The third-order valence-electron chi connectivity index (χ3n) is 9.48. The zero-order valence-electron chi connectivity index (χ0n) is 28.5. The molecule has 0 spiro atoms. The third kappa shape index (κ3) is 7.05. The first-order chi connectivity index (χ1) is 24.1. The van der Waals surface area contributed by atoms with Crippen molar-refractivity contribution < 1.29 is 0 Å². The largest absolute Gasteiger partial charge is 0.388 e. The average molecular weight is 635 g/mol. The fraction of sp³-hybridized carbons (Fsp3) is 0.106. The number of nitrogens with zero attached hydrogens (tertiary/aromatic N) is 1. The number of anilines is 3. The van der Waals surface area contributed by atoms with Crippen molar-refractivity contribution in [1.29, 1.82) is 0 Å². The Bertz CT molecular complexity index is 2240. The van der Waals surface area contributed by atoms with Crippen molar-refractivity contribution in [2.24, 2.45) is 5.92 Å². The maximum absolute atomic E-state index is 3.18. The molecule has 2 heteroatoms. The number of allylic oxidation sites excluding steroid dienone is 4. The second-order valence-electron chi connectivity index (χ2n) is 12.8. The molecule has 7 aromatic carbocycles. The molecular weight excluding hydrogens is 593 g/mol. The van der Waals surface area contributed by atoms with Crippen LogP contribution in [0.4, 0.5) is 17.1 Å². The zero-order chi connectivity index (χ0) is 33.6. The third-order valence-corrected chi connectivity index (χ3v) is 9.48. The van der Waals surface area contributed by atoms with Crippen molar-refractivity contribution in [2.75, 3.05) is 24.3 Å². The van der Waals surface area contributed by atoms with E-state index in [1.165, 1.54) is 72.7 Å². The molecular formula is C47H42N2. The summed E-state index contributed by atoms with van der Waals surface area (Å²) < 4.78 is 0. The fourth-order valence-corrected chi connectivity index (χ4v) is 6.59. The Morgan fingerprint density at radius 2 is 1.10 bits per heavy atom. The molecule has 0 saturated carbocycles. The summed E-state index contributed by atoms with van der Waals surface area (Å²) in [5, 5.41) is 8.18. The second-order valence-corrected chi connectivity index (χ2v) is 12.8. The van der Waals surface area contributed by atoms with E-state index in [4.69, 9.17) is 0 Å². The molecule has 49 heavy (non-hydrogen) atoms. The highest BCUT2D eigenvalue weighted by Crippen LogP contribution is 2.41. The molecule has 0 amide bonds. The molecule has 1 N–H and O–H groups in total. The van der Waals surface area contributed by atoms with Gasteiger partial charge in [0.15, 0.2) is 0 Å². The summed E-state index contributed by atoms with van der Waals surface area (Å²) in [4.78, 5) is 2.31. The van der Waals surface area contributed by atoms with E-state index in [0.29, 0.717) is 0 Å². The Kier molecular flexibility index (Phi) is 9.39. The predicted octanol–water partition coefficient (Wildman–Crippen LogP) is 12.9. The molecule has 1 unspecified atom stereocenters. The van der Waals surface area contributed by atoms with Gasteiger partial charge in [-0.05, 0) is 92.0 Å². The smallest absolute Gasteiger partial charge is 0.0494 e. The van der Waals surface area contributed by atoms with Crippen LogP contribution in [0.5, 0.6) is 0 Å². The molecule has 0 radical (unpaired) electrons. The zero-order valence-corrected chi connectivity index (χ0v) is 28.5.